The molecule has 6 N–H and O–H groups in total. The number of esters is 2. The third-order valence-corrected chi connectivity index (χ3v) is 10.7. The second-order valence-corrected chi connectivity index (χ2v) is 14.0. The van der Waals surface area contributed by atoms with Crippen molar-refractivity contribution in [2.75, 3.05) is 18.9 Å². The van der Waals surface area contributed by atoms with Crippen molar-refractivity contribution < 1.29 is 43.1 Å². The predicted octanol–water partition coefficient (Wildman–Crippen LogP) is 2.66. The smallest absolute Gasteiger partial charge is 0.390 e. The summed E-state index contributed by atoms with van der Waals surface area (Å²) >= 11 is 0. The molecule has 0 bridgehead atoms. The van der Waals surface area contributed by atoms with Gasteiger partial charge in [-0.3, -0.25) is 28.3 Å². The summed E-state index contributed by atoms with van der Waals surface area (Å²) in [5.41, 5.74) is 4.38. The third kappa shape index (κ3) is 8.47. The van der Waals surface area contributed by atoms with Gasteiger partial charge in [-0.25, -0.2) is 26.2 Å². The number of nitrogen functional groups attached to an aromatic ring is 1. The number of hydrogen-bond donors (Lipinski definition) is 5. The standard InChI is InChI=1S/C30H46N7O9P/c1-6-20(7-2)15-43-28(40)18(3)35-47(42,36-19(4)29(41)45-21-11-9-8-10-12-21)44-16-30(32-5)26(39)24(38)25(46-30)22-13-14-23-27(31)33-17-34-37(22)23/h13-14,17-21,24-26,38-39H,6-12,15-16H2,1-4H3,(H2,31,33,34)(H2,35,36,42)/t18-,19-,24-,25-,26-,30+,47-/m0/s1. The van der Waals surface area contributed by atoms with E-state index in [1.54, 1.807) is 12.1 Å². The summed E-state index contributed by atoms with van der Waals surface area (Å²) in [4.78, 5) is 33.2. The summed E-state index contributed by atoms with van der Waals surface area (Å²) in [6.07, 6.45) is 2.26. The minimum absolute atomic E-state index is 0.154. The second kappa shape index (κ2) is 15.8. The zero-order valence-corrected chi connectivity index (χ0v) is 28.1. The van der Waals surface area contributed by atoms with Crippen molar-refractivity contribution in [3.63, 3.8) is 0 Å². The highest BCUT2D eigenvalue weighted by atomic mass is 31.2. The largest absolute Gasteiger partial charge is 0.464 e. The maximum absolute atomic E-state index is 14.3. The number of aliphatic hydroxyl groups is 2. The number of aliphatic hydroxyl groups excluding tert-OH is 2. The first-order valence-electron chi connectivity index (χ1n) is 16.0. The molecule has 4 rings (SSSR count). The van der Waals surface area contributed by atoms with Crippen molar-refractivity contribution >= 4 is 30.9 Å². The first kappa shape index (κ1) is 36.7. The number of aromatic nitrogens is 3. The zero-order chi connectivity index (χ0) is 34.4. The molecule has 1 saturated heterocycles. The molecule has 0 unspecified atom stereocenters. The maximum Gasteiger partial charge on any atom is 0.390 e. The zero-order valence-electron chi connectivity index (χ0n) is 27.2. The van der Waals surface area contributed by atoms with Gasteiger partial charge in [-0.2, -0.15) is 5.10 Å². The Hall–Kier alpha value is -3.16. The lowest BCUT2D eigenvalue weighted by Gasteiger charge is -2.29. The number of rotatable bonds is 15. The van der Waals surface area contributed by atoms with Gasteiger partial charge in [-0.05, 0) is 57.6 Å². The van der Waals surface area contributed by atoms with Gasteiger partial charge >= 0.3 is 25.3 Å². The van der Waals surface area contributed by atoms with Gasteiger partial charge in [0.05, 0.1) is 12.3 Å². The van der Waals surface area contributed by atoms with Gasteiger partial charge in [0.2, 0.25) is 0 Å². The molecule has 2 aromatic heterocycles. The van der Waals surface area contributed by atoms with Crippen LogP contribution in [0.15, 0.2) is 18.5 Å². The Morgan fingerprint density at radius 3 is 2.47 bits per heavy atom. The summed E-state index contributed by atoms with van der Waals surface area (Å²) in [6, 6.07) is 0.834. The Kier molecular flexibility index (Phi) is 12.3. The topological polar surface area (TPSA) is 213 Å². The van der Waals surface area contributed by atoms with Crippen molar-refractivity contribution in [2.45, 2.75) is 115 Å². The van der Waals surface area contributed by atoms with Gasteiger partial charge < -0.3 is 25.4 Å². The van der Waals surface area contributed by atoms with Crippen LogP contribution in [-0.2, 0) is 32.9 Å². The Balaban J connectivity index is 1.53. The number of ether oxygens (including phenoxy) is 3. The monoisotopic (exact) mass is 679 g/mol. The van der Waals surface area contributed by atoms with Gasteiger partial charge in [0.15, 0.2) is 18.5 Å². The summed E-state index contributed by atoms with van der Waals surface area (Å²) in [5.74, 6) is -1.04. The number of anilines is 1. The number of carbonyl (C=O) groups excluding carboxylic acids is 2. The van der Waals surface area contributed by atoms with Crippen LogP contribution in [0.3, 0.4) is 0 Å². The van der Waals surface area contributed by atoms with E-state index in [1.165, 1.54) is 24.7 Å². The van der Waals surface area contributed by atoms with Crippen molar-refractivity contribution in [1.82, 2.24) is 24.8 Å². The number of hydrogen-bond acceptors (Lipinski definition) is 12. The molecule has 3 heterocycles. The molecule has 16 nitrogen and oxygen atoms in total. The van der Waals surface area contributed by atoms with Crippen LogP contribution in [0.4, 0.5) is 5.82 Å². The molecule has 1 saturated carbocycles. The van der Waals surface area contributed by atoms with E-state index in [1.807, 2.05) is 13.8 Å². The van der Waals surface area contributed by atoms with Crippen LogP contribution in [0.1, 0.15) is 84.4 Å². The first-order chi connectivity index (χ1) is 22.4. The average Bonchev–Trinajstić information content (AvgIpc) is 3.60. The molecule has 0 spiro atoms. The molecule has 260 valence electrons. The SMILES string of the molecule is [C-]#[N+][C@]1(CO[P@@](=O)(N[C@@H](C)C(=O)OCC(CC)CC)N[C@@H](C)C(=O)OC2CCCCC2)O[C@@H](c2ccc3c(N)ncnn23)[C@H](O)[C@@H]1O. The van der Waals surface area contributed by atoms with Gasteiger partial charge in [-0.1, -0.05) is 33.1 Å². The molecule has 0 aromatic carbocycles. The van der Waals surface area contributed by atoms with Crippen molar-refractivity contribution in [2.24, 2.45) is 5.92 Å². The van der Waals surface area contributed by atoms with Gasteiger partial charge in [-0.15, -0.1) is 0 Å². The summed E-state index contributed by atoms with van der Waals surface area (Å²) < 4.78 is 38.4. The van der Waals surface area contributed by atoms with Crippen LogP contribution >= 0.6 is 7.67 Å². The Bertz CT molecular complexity index is 1480. The maximum atomic E-state index is 14.3. The highest BCUT2D eigenvalue weighted by Crippen LogP contribution is 2.46. The molecule has 17 heteroatoms. The van der Waals surface area contributed by atoms with Gasteiger partial charge in [0.1, 0.15) is 42.2 Å². The fraction of sp³-hybridized carbons (Fsp3) is 0.700. The van der Waals surface area contributed by atoms with Crippen LogP contribution in [0.2, 0.25) is 0 Å². The van der Waals surface area contributed by atoms with Crippen LogP contribution < -0.4 is 15.9 Å². The van der Waals surface area contributed by atoms with Gasteiger partial charge in [0.25, 0.3) is 0 Å². The van der Waals surface area contributed by atoms with E-state index in [2.05, 4.69) is 25.1 Å². The fourth-order valence-corrected chi connectivity index (χ4v) is 7.49. The highest BCUT2D eigenvalue weighted by Gasteiger charge is 2.62. The van der Waals surface area contributed by atoms with Crippen molar-refractivity contribution in [3.8, 4) is 0 Å². The number of nitrogens with two attached hydrogens (primary N) is 1. The van der Waals surface area contributed by atoms with Crippen LogP contribution in [-0.4, -0.2) is 86.1 Å². The molecule has 0 radical (unpaired) electrons. The van der Waals surface area contributed by atoms with Crippen LogP contribution in [0, 0.1) is 12.5 Å². The summed E-state index contributed by atoms with van der Waals surface area (Å²) in [5, 5.41) is 31.4. The molecule has 1 aliphatic carbocycles. The number of nitrogens with zero attached hydrogens (tertiary/aromatic N) is 4. The van der Waals surface area contributed by atoms with E-state index in [0.29, 0.717) is 5.52 Å². The Labute approximate surface area is 274 Å². The van der Waals surface area contributed by atoms with E-state index in [4.69, 9.17) is 31.0 Å². The van der Waals surface area contributed by atoms with E-state index in [9.17, 15) is 24.4 Å². The summed E-state index contributed by atoms with van der Waals surface area (Å²) in [6.45, 7) is 14.1. The van der Waals surface area contributed by atoms with Crippen LogP contribution in [0.25, 0.3) is 10.4 Å². The lowest BCUT2D eigenvalue weighted by molar-refractivity contribution is -0.152. The number of nitrogens with one attached hydrogen (secondary N) is 2. The molecule has 2 aliphatic rings. The molecule has 7 atom stereocenters. The molecular formula is C30H46N7O9P. The van der Waals surface area contributed by atoms with Crippen LogP contribution in [0.5, 0.6) is 0 Å². The lowest BCUT2D eigenvalue weighted by atomic mass is 9.98. The fourth-order valence-electron chi connectivity index (χ4n) is 5.67. The molecule has 2 fully saturated rings. The normalized spacial score (nSPS) is 26.0. The Morgan fingerprint density at radius 1 is 1.17 bits per heavy atom. The quantitative estimate of drug-likeness (QED) is 0.104. The third-order valence-electron chi connectivity index (χ3n) is 8.76. The first-order valence-corrected chi connectivity index (χ1v) is 17.7. The minimum atomic E-state index is -4.39. The van der Waals surface area contributed by atoms with Crippen molar-refractivity contribution in [3.05, 3.63) is 35.6 Å². The highest BCUT2D eigenvalue weighted by molar-refractivity contribution is 7.54. The molecule has 0 amide bonds. The Morgan fingerprint density at radius 2 is 1.83 bits per heavy atom. The predicted molar refractivity (Wildman–Crippen MR) is 169 cm³/mol. The molecule has 2 aromatic rings. The average molecular weight is 680 g/mol. The summed E-state index contributed by atoms with van der Waals surface area (Å²) in [7, 11) is -4.39. The number of fused-ring (bicyclic) bond motifs is 1. The minimum Gasteiger partial charge on any atom is -0.464 e. The van der Waals surface area contributed by atoms with Crippen molar-refractivity contribution in [1.29, 1.82) is 0 Å². The van der Waals surface area contributed by atoms with E-state index in [-0.39, 0.29) is 30.1 Å². The van der Waals surface area contributed by atoms with E-state index < -0.39 is 62.3 Å². The van der Waals surface area contributed by atoms with E-state index in [0.717, 1.165) is 44.9 Å². The molecule has 1 aliphatic heterocycles. The second-order valence-electron chi connectivity index (χ2n) is 12.2. The lowest BCUT2D eigenvalue weighted by Crippen LogP contribution is -2.47. The number of carbonyl (C=O) groups is 2. The molecular weight excluding hydrogens is 633 g/mol. The van der Waals surface area contributed by atoms with Gasteiger partial charge in [0, 0.05) is 0 Å². The van der Waals surface area contributed by atoms with E-state index >= 15 is 0 Å². The molecule has 47 heavy (non-hydrogen) atoms.